The van der Waals surface area contributed by atoms with Crippen LogP contribution in [-0.2, 0) is 4.79 Å². The van der Waals surface area contributed by atoms with Crippen LogP contribution in [0.15, 0.2) is 24.3 Å². The molecule has 0 saturated carbocycles. The van der Waals surface area contributed by atoms with Crippen molar-refractivity contribution in [2.45, 2.75) is 19.3 Å². The van der Waals surface area contributed by atoms with E-state index in [0.29, 0.717) is 12.4 Å². The van der Waals surface area contributed by atoms with Crippen LogP contribution in [0.4, 0.5) is 4.39 Å². The Morgan fingerprint density at radius 2 is 1.95 bits per heavy atom. The minimum atomic E-state index is -0.255. The van der Waals surface area contributed by atoms with E-state index in [4.69, 9.17) is 10.5 Å². The summed E-state index contributed by atoms with van der Waals surface area (Å²) in [6, 6.07) is 6.05. The Hall–Kier alpha value is -1.62. The summed E-state index contributed by atoms with van der Waals surface area (Å²) in [6.07, 6.45) is 2.63. The first-order chi connectivity index (χ1) is 9.65. The number of amides is 1. The molecule has 1 aliphatic rings. The summed E-state index contributed by atoms with van der Waals surface area (Å²) in [5.74, 6) is 0.305. The molecule has 20 heavy (non-hydrogen) atoms. The monoisotopic (exact) mass is 280 g/mol. The maximum Gasteiger partial charge on any atom is 0.220 e. The van der Waals surface area contributed by atoms with E-state index in [0.717, 1.165) is 38.9 Å². The first kappa shape index (κ1) is 14.8. The summed E-state index contributed by atoms with van der Waals surface area (Å²) in [5.41, 5.74) is 5.31. The Kier molecular flexibility index (Phi) is 5.35. The molecule has 0 radical (unpaired) electrons. The van der Waals surface area contributed by atoms with Crippen LogP contribution in [0.5, 0.6) is 5.75 Å². The van der Waals surface area contributed by atoms with Crippen LogP contribution in [0.3, 0.4) is 0 Å². The number of halogens is 1. The molecule has 1 amide bonds. The number of primary amides is 1. The van der Waals surface area contributed by atoms with Crippen LogP contribution in [-0.4, -0.2) is 37.0 Å². The van der Waals surface area contributed by atoms with Gasteiger partial charge in [-0.3, -0.25) is 4.79 Å². The number of carbonyl (C=O) groups excluding carboxylic acids is 1. The molecular formula is C15H21FN2O2. The van der Waals surface area contributed by atoms with Crippen molar-refractivity contribution in [1.29, 1.82) is 0 Å². The maximum atomic E-state index is 12.7. The fourth-order valence-corrected chi connectivity index (χ4v) is 2.45. The van der Waals surface area contributed by atoms with Gasteiger partial charge in [0.15, 0.2) is 0 Å². The second-order valence-electron chi connectivity index (χ2n) is 5.17. The largest absolute Gasteiger partial charge is 0.494 e. The third-order valence-corrected chi connectivity index (χ3v) is 3.69. The van der Waals surface area contributed by atoms with Gasteiger partial charge in [0.25, 0.3) is 0 Å². The van der Waals surface area contributed by atoms with Crippen LogP contribution >= 0.6 is 0 Å². The van der Waals surface area contributed by atoms with Crippen molar-refractivity contribution in [1.82, 2.24) is 4.90 Å². The van der Waals surface area contributed by atoms with Crippen molar-refractivity contribution in [2.24, 2.45) is 11.7 Å². The van der Waals surface area contributed by atoms with Crippen molar-refractivity contribution in [3.8, 4) is 5.75 Å². The number of ether oxygens (including phenoxy) is 1. The van der Waals surface area contributed by atoms with E-state index in [1.165, 1.54) is 12.1 Å². The number of likely N-dealkylation sites (tertiary alicyclic amines) is 1. The Morgan fingerprint density at radius 1 is 1.30 bits per heavy atom. The van der Waals surface area contributed by atoms with Gasteiger partial charge in [-0.15, -0.1) is 0 Å². The normalized spacial score (nSPS) is 17.1. The number of hydrogen-bond acceptors (Lipinski definition) is 3. The number of carbonyl (C=O) groups is 1. The zero-order valence-corrected chi connectivity index (χ0v) is 11.6. The molecule has 0 aromatic heterocycles. The van der Waals surface area contributed by atoms with Gasteiger partial charge < -0.3 is 15.4 Å². The minimum Gasteiger partial charge on any atom is -0.494 e. The van der Waals surface area contributed by atoms with Gasteiger partial charge >= 0.3 is 0 Å². The van der Waals surface area contributed by atoms with Gasteiger partial charge in [-0.05, 0) is 56.6 Å². The lowest BCUT2D eigenvalue weighted by molar-refractivity contribution is -0.123. The molecule has 4 nitrogen and oxygen atoms in total. The highest BCUT2D eigenvalue weighted by molar-refractivity contribution is 5.76. The lowest BCUT2D eigenvalue weighted by Gasteiger charge is -2.30. The van der Waals surface area contributed by atoms with E-state index in [9.17, 15) is 9.18 Å². The number of piperidine rings is 1. The van der Waals surface area contributed by atoms with E-state index in [2.05, 4.69) is 4.90 Å². The molecule has 0 aliphatic carbocycles. The molecule has 0 unspecified atom stereocenters. The Labute approximate surface area is 118 Å². The number of hydrogen-bond donors (Lipinski definition) is 1. The quantitative estimate of drug-likeness (QED) is 0.808. The van der Waals surface area contributed by atoms with E-state index in [1.54, 1.807) is 12.1 Å². The SMILES string of the molecule is NC(=O)C1CCN(CCCOc2ccc(F)cc2)CC1. The molecule has 5 heteroatoms. The Bertz CT molecular complexity index is 428. The van der Waals surface area contributed by atoms with Crippen molar-refractivity contribution < 1.29 is 13.9 Å². The van der Waals surface area contributed by atoms with Crippen molar-refractivity contribution in [2.75, 3.05) is 26.2 Å². The fraction of sp³-hybridized carbons (Fsp3) is 0.533. The van der Waals surface area contributed by atoms with Crippen LogP contribution < -0.4 is 10.5 Å². The smallest absolute Gasteiger partial charge is 0.220 e. The molecule has 2 N–H and O–H groups in total. The molecule has 1 saturated heterocycles. The highest BCUT2D eigenvalue weighted by atomic mass is 19.1. The fourth-order valence-electron chi connectivity index (χ4n) is 2.45. The van der Waals surface area contributed by atoms with E-state index in [-0.39, 0.29) is 17.6 Å². The molecule has 1 aromatic rings. The van der Waals surface area contributed by atoms with Crippen molar-refractivity contribution in [3.63, 3.8) is 0 Å². The molecule has 1 aliphatic heterocycles. The van der Waals surface area contributed by atoms with E-state index < -0.39 is 0 Å². The molecule has 2 rings (SSSR count). The molecule has 1 fully saturated rings. The van der Waals surface area contributed by atoms with Gasteiger partial charge in [0.1, 0.15) is 11.6 Å². The van der Waals surface area contributed by atoms with E-state index in [1.807, 2.05) is 0 Å². The highest BCUT2D eigenvalue weighted by Gasteiger charge is 2.22. The number of nitrogens with zero attached hydrogens (tertiary/aromatic N) is 1. The first-order valence-electron chi connectivity index (χ1n) is 7.05. The van der Waals surface area contributed by atoms with Crippen LogP contribution in [0, 0.1) is 11.7 Å². The molecule has 1 aromatic carbocycles. The van der Waals surface area contributed by atoms with Gasteiger partial charge in [0, 0.05) is 12.5 Å². The minimum absolute atomic E-state index is 0.0433. The topological polar surface area (TPSA) is 55.6 Å². The summed E-state index contributed by atoms with van der Waals surface area (Å²) in [4.78, 5) is 13.4. The van der Waals surface area contributed by atoms with Crippen molar-refractivity contribution in [3.05, 3.63) is 30.1 Å². The summed E-state index contributed by atoms with van der Waals surface area (Å²) in [7, 11) is 0. The van der Waals surface area contributed by atoms with Crippen LogP contribution in [0.2, 0.25) is 0 Å². The Morgan fingerprint density at radius 3 is 2.55 bits per heavy atom. The second-order valence-corrected chi connectivity index (χ2v) is 5.17. The predicted molar refractivity (Wildman–Crippen MR) is 74.9 cm³/mol. The van der Waals surface area contributed by atoms with Gasteiger partial charge in [0.05, 0.1) is 6.61 Å². The highest BCUT2D eigenvalue weighted by Crippen LogP contribution is 2.17. The summed E-state index contributed by atoms with van der Waals surface area (Å²) >= 11 is 0. The first-order valence-corrected chi connectivity index (χ1v) is 7.05. The van der Waals surface area contributed by atoms with E-state index >= 15 is 0 Å². The number of nitrogens with two attached hydrogens (primary N) is 1. The third-order valence-electron chi connectivity index (χ3n) is 3.69. The molecule has 1 heterocycles. The molecular weight excluding hydrogens is 259 g/mol. The van der Waals surface area contributed by atoms with Crippen LogP contribution in [0.25, 0.3) is 0 Å². The average molecular weight is 280 g/mol. The van der Waals surface area contributed by atoms with Crippen LogP contribution in [0.1, 0.15) is 19.3 Å². The zero-order valence-electron chi connectivity index (χ0n) is 11.6. The molecule has 0 bridgehead atoms. The number of rotatable bonds is 6. The number of benzene rings is 1. The Balaban J connectivity index is 1.60. The lowest BCUT2D eigenvalue weighted by atomic mass is 9.96. The lowest BCUT2D eigenvalue weighted by Crippen LogP contribution is -2.39. The van der Waals surface area contributed by atoms with Gasteiger partial charge in [0.2, 0.25) is 5.91 Å². The van der Waals surface area contributed by atoms with Gasteiger partial charge in [-0.2, -0.15) is 0 Å². The van der Waals surface area contributed by atoms with Gasteiger partial charge in [-0.1, -0.05) is 0 Å². The van der Waals surface area contributed by atoms with Crippen molar-refractivity contribution >= 4 is 5.91 Å². The summed E-state index contributed by atoms with van der Waals surface area (Å²) in [6.45, 7) is 3.41. The standard InChI is InChI=1S/C15H21FN2O2/c16-13-2-4-14(5-3-13)20-11-1-8-18-9-6-12(7-10-18)15(17)19/h2-5,12H,1,6-11H2,(H2,17,19). The van der Waals surface area contributed by atoms with Gasteiger partial charge in [-0.25, -0.2) is 4.39 Å². The summed E-state index contributed by atoms with van der Waals surface area (Å²) < 4.78 is 18.3. The average Bonchev–Trinajstić information content (AvgIpc) is 2.46. The zero-order chi connectivity index (χ0) is 14.4. The summed E-state index contributed by atoms with van der Waals surface area (Å²) in [5, 5.41) is 0. The predicted octanol–water partition coefficient (Wildman–Crippen LogP) is 1.79. The second kappa shape index (κ2) is 7.24. The molecule has 110 valence electrons. The molecule has 0 spiro atoms. The molecule has 0 atom stereocenters. The maximum absolute atomic E-state index is 12.7. The third kappa shape index (κ3) is 4.49.